The number of aliphatic carboxylic acids is 1. The monoisotopic (exact) mass is 608 g/mol. The molecule has 1 aliphatic rings. The van der Waals surface area contributed by atoms with E-state index < -0.39 is 42.8 Å². The van der Waals surface area contributed by atoms with Crippen molar-refractivity contribution in [2.24, 2.45) is 5.41 Å². The van der Waals surface area contributed by atoms with Crippen molar-refractivity contribution in [2.45, 2.75) is 50.8 Å². The van der Waals surface area contributed by atoms with Gasteiger partial charge in [0.2, 0.25) is 13.3 Å². The number of rotatable bonds is 13. The molecule has 0 saturated heterocycles. The second-order valence-corrected chi connectivity index (χ2v) is 13.5. The van der Waals surface area contributed by atoms with Crippen molar-refractivity contribution in [3.05, 3.63) is 102 Å². The fourth-order valence-corrected chi connectivity index (χ4v) is 7.94. The molecule has 228 valence electrons. The Morgan fingerprint density at radius 3 is 2.07 bits per heavy atom. The summed E-state index contributed by atoms with van der Waals surface area (Å²) in [4.78, 5) is 49.7. The number of amides is 2. The van der Waals surface area contributed by atoms with Gasteiger partial charge in [0.1, 0.15) is 18.4 Å². The fourth-order valence-electron chi connectivity index (χ4n) is 5.54. The minimum absolute atomic E-state index is 0.0146. The summed E-state index contributed by atoms with van der Waals surface area (Å²) in [7, 11) is -4.06. The molecule has 10 nitrogen and oxygen atoms in total. The van der Waals surface area contributed by atoms with Gasteiger partial charge in [-0.2, -0.15) is 0 Å². The molecule has 1 fully saturated rings. The van der Waals surface area contributed by atoms with Crippen LogP contribution in [0.25, 0.3) is 0 Å². The Hall–Kier alpha value is -4.14. The average molecular weight is 609 g/mol. The maximum Gasteiger partial charge on any atom is 0.407 e. The molecule has 1 aliphatic carbocycles. The Kier molecular flexibility index (Phi) is 10.6. The molecule has 0 radical (unpaired) electrons. The highest BCUT2D eigenvalue weighted by Gasteiger charge is 2.47. The van der Waals surface area contributed by atoms with Crippen molar-refractivity contribution in [2.75, 3.05) is 12.3 Å². The molecule has 11 heteroatoms. The molecule has 3 aromatic carbocycles. The van der Waals surface area contributed by atoms with Gasteiger partial charge >= 0.3 is 12.1 Å². The molecular weight excluding hydrogens is 571 g/mol. The SMILES string of the molecule is O=C(N[C@@H](CP(=O)(O)CC1(C(=O)N[C@@H](Cc2ccc(O)cc2)C(=O)O)CCCC1)c1ccccc1)OCc1ccccc1. The van der Waals surface area contributed by atoms with Crippen LogP contribution in [0.3, 0.4) is 0 Å². The summed E-state index contributed by atoms with van der Waals surface area (Å²) >= 11 is 0. The summed E-state index contributed by atoms with van der Waals surface area (Å²) in [5, 5.41) is 24.7. The third-order valence-electron chi connectivity index (χ3n) is 7.75. The van der Waals surface area contributed by atoms with Gasteiger partial charge in [0.25, 0.3) is 0 Å². The predicted octanol–water partition coefficient (Wildman–Crippen LogP) is 5.00. The minimum atomic E-state index is -4.06. The van der Waals surface area contributed by atoms with Gasteiger partial charge in [0, 0.05) is 18.7 Å². The molecule has 1 saturated carbocycles. The van der Waals surface area contributed by atoms with Gasteiger partial charge in [0.05, 0.1) is 11.5 Å². The first-order chi connectivity index (χ1) is 20.6. The molecular formula is C32H37N2O8P. The standard InChI is InChI=1S/C32H37N2O8P/c35-26-15-13-23(14-16-26)19-27(29(36)37)33-30(38)32(17-7-8-18-32)22-43(40,41)21-28(25-11-5-2-6-12-25)34-31(39)42-20-24-9-3-1-4-10-24/h1-6,9-16,27-28,35H,7-8,17-22H2,(H,33,38)(H,34,39)(H,36,37)(H,40,41)/t27-,28-/m0/s1. The minimum Gasteiger partial charge on any atom is -0.508 e. The van der Waals surface area contributed by atoms with Crippen molar-refractivity contribution in [3.63, 3.8) is 0 Å². The summed E-state index contributed by atoms with van der Waals surface area (Å²) < 4.78 is 19.2. The average Bonchev–Trinajstić information content (AvgIpc) is 3.46. The topological polar surface area (TPSA) is 162 Å². The van der Waals surface area contributed by atoms with Crippen molar-refractivity contribution in [1.82, 2.24) is 10.6 Å². The number of hydrogen-bond acceptors (Lipinski definition) is 6. The molecule has 3 atom stereocenters. The predicted molar refractivity (Wildman–Crippen MR) is 161 cm³/mol. The second kappa shape index (κ2) is 14.4. The van der Waals surface area contributed by atoms with Crippen LogP contribution in [0.4, 0.5) is 4.79 Å². The van der Waals surface area contributed by atoms with E-state index in [0.29, 0.717) is 36.8 Å². The molecule has 0 heterocycles. The van der Waals surface area contributed by atoms with E-state index in [1.165, 1.54) is 12.1 Å². The normalized spacial score (nSPS) is 16.8. The van der Waals surface area contributed by atoms with Crippen LogP contribution in [0, 0.1) is 5.41 Å². The van der Waals surface area contributed by atoms with Crippen LogP contribution in [0.5, 0.6) is 5.75 Å². The van der Waals surface area contributed by atoms with E-state index in [1.807, 2.05) is 30.3 Å². The number of carbonyl (C=O) groups excluding carboxylic acids is 2. The third kappa shape index (κ3) is 9.17. The quantitative estimate of drug-likeness (QED) is 0.169. The molecule has 4 rings (SSSR count). The Bertz CT molecular complexity index is 1430. The van der Waals surface area contributed by atoms with E-state index in [9.17, 15) is 34.1 Å². The molecule has 43 heavy (non-hydrogen) atoms. The zero-order chi connectivity index (χ0) is 30.9. The highest BCUT2D eigenvalue weighted by molar-refractivity contribution is 7.58. The number of ether oxygens (including phenoxy) is 1. The smallest absolute Gasteiger partial charge is 0.407 e. The van der Waals surface area contributed by atoms with E-state index in [-0.39, 0.29) is 31.1 Å². The van der Waals surface area contributed by atoms with Crippen LogP contribution >= 0.6 is 7.37 Å². The van der Waals surface area contributed by atoms with Gasteiger partial charge in [-0.05, 0) is 41.7 Å². The number of phenols is 1. The lowest BCUT2D eigenvalue weighted by molar-refractivity contribution is -0.143. The summed E-state index contributed by atoms with van der Waals surface area (Å²) in [6.07, 6.45) is 0.576. The van der Waals surface area contributed by atoms with Gasteiger partial charge < -0.3 is 30.5 Å². The lowest BCUT2D eigenvalue weighted by Crippen LogP contribution is -2.50. The van der Waals surface area contributed by atoms with Crippen LogP contribution < -0.4 is 10.6 Å². The lowest BCUT2D eigenvalue weighted by atomic mass is 9.87. The zero-order valence-corrected chi connectivity index (χ0v) is 24.6. The van der Waals surface area contributed by atoms with Crippen LogP contribution in [0.2, 0.25) is 0 Å². The molecule has 3 aromatic rings. The second-order valence-electron chi connectivity index (χ2n) is 11.1. The van der Waals surface area contributed by atoms with Gasteiger partial charge in [-0.25, -0.2) is 9.59 Å². The summed E-state index contributed by atoms with van der Waals surface area (Å²) in [5.74, 6) is -1.77. The number of nitrogens with one attached hydrogen (secondary N) is 2. The van der Waals surface area contributed by atoms with Crippen LogP contribution in [-0.2, 0) is 31.9 Å². The molecule has 5 N–H and O–H groups in total. The molecule has 0 bridgehead atoms. The maximum atomic E-state index is 13.8. The molecule has 0 aliphatic heterocycles. The highest BCUT2D eigenvalue weighted by atomic mass is 31.2. The first-order valence-electron chi connectivity index (χ1n) is 14.2. The number of alkyl carbamates (subject to hydrolysis) is 1. The largest absolute Gasteiger partial charge is 0.508 e. The van der Waals surface area contributed by atoms with E-state index >= 15 is 0 Å². The Labute approximate surface area is 250 Å². The third-order valence-corrected chi connectivity index (χ3v) is 9.78. The highest BCUT2D eigenvalue weighted by Crippen LogP contribution is 2.54. The Morgan fingerprint density at radius 2 is 1.47 bits per heavy atom. The fraction of sp³-hybridized carbons (Fsp3) is 0.344. The van der Waals surface area contributed by atoms with E-state index in [4.69, 9.17) is 4.74 Å². The Morgan fingerprint density at radius 1 is 0.860 bits per heavy atom. The first-order valence-corrected chi connectivity index (χ1v) is 16.2. The van der Waals surface area contributed by atoms with Crippen LogP contribution in [0.15, 0.2) is 84.9 Å². The number of carbonyl (C=O) groups is 3. The van der Waals surface area contributed by atoms with Crippen molar-refractivity contribution in [1.29, 1.82) is 0 Å². The van der Waals surface area contributed by atoms with Crippen molar-refractivity contribution >= 4 is 25.3 Å². The van der Waals surface area contributed by atoms with Crippen LogP contribution in [-0.4, -0.2) is 51.4 Å². The molecule has 0 aromatic heterocycles. The number of carboxylic acid groups (broad SMARTS) is 1. The van der Waals surface area contributed by atoms with Gasteiger partial charge in [-0.1, -0.05) is 85.6 Å². The Balaban J connectivity index is 1.47. The van der Waals surface area contributed by atoms with E-state index in [0.717, 1.165) is 5.56 Å². The number of carboxylic acids is 1. The van der Waals surface area contributed by atoms with E-state index in [2.05, 4.69) is 10.6 Å². The van der Waals surface area contributed by atoms with Gasteiger partial charge in [-0.15, -0.1) is 0 Å². The van der Waals surface area contributed by atoms with Crippen molar-refractivity contribution in [3.8, 4) is 5.75 Å². The molecule has 1 unspecified atom stereocenters. The first kappa shape index (κ1) is 31.8. The molecule has 2 amide bonds. The van der Waals surface area contributed by atoms with Gasteiger partial charge in [-0.3, -0.25) is 9.36 Å². The van der Waals surface area contributed by atoms with Gasteiger partial charge in [0.15, 0.2) is 0 Å². The summed E-state index contributed by atoms with van der Waals surface area (Å²) in [5.41, 5.74) is 0.788. The summed E-state index contributed by atoms with van der Waals surface area (Å²) in [6.45, 7) is 0.0309. The number of benzene rings is 3. The number of phenolic OH excluding ortho intramolecular Hbond substituents is 1. The summed E-state index contributed by atoms with van der Waals surface area (Å²) in [6, 6.07) is 21.8. The van der Waals surface area contributed by atoms with Crippen molar-refractivity contribution < 1.29 is 38.8 Å². The zero-order valence-electron chi connectivity index (χ0n) is 23.7. The molecule has 0 spiro atoms. The van der Waals surface area contributed by atoms with E-state index in [1.54, 1.807) is 42.5 Å². The number of hydrogen-bond donors (Lipinski definition) is 5. The lowest BCUT2D eigenvalue weighted by Gasteiger charge is -2.32. The maximum absolute atomic E-state index is 13.8. The van der Waals surface area contributed by atoms with Crippen LogP contribution in [0.1, 0.15) is 48.4 Å². The number of aromatic hydroxyl groups is 1.